The van der Waals surface area contributed by atoms with Gasteiger partial charge >= 0.3 is 6.18 Å². The van der Waals surface area contributed by atoms with E-state index in [0.717, 1.165) is 25.0 Å². The van der Waals surface area contributed by atoms with Gasteiger partial charge in [0.15, 0.2) is 5.79 Å². The number of hydrogen-bond acceptors (Lipinski definition) is 5. The van der Waals surface area contributed by atoms with Gasteiger partial charge in [-0.15, -0.1) is 0 Å². The van der Waals surface area contributed by atoms with E-state index in [4.69, 9.17) is 9.47 Å². The average Bonchev–Trinajstić information content (AvgIpc) is 3.10. The first-order valence-corrected chi connectivity index (χ1v) is 8.49. The molecule has 3 heterocycles. The smallest absolute Gasteiger partial charge is 0.347 e. The second-order valence-electron chi connectivity index (χ2n) is 6.41. The number of alkyl halides is 3. The van der Waals surface area contributed by atoms with Crippen LogP contribution in [0.25, 0.3) is 11.3 Å². The predicted molar refractivity (Wildman–Crippen MR) is 88.6 cm³/mol. The van der Waals surface area contributed by atoms with E-state index in [2.05, 4.69) is 9.97 Å². The highest BCUT2D eigenvalue weighted by Gasteiger charge is 2.40. The molecule has 2 aliphatic heterocycles. The minimum Gasteiger partial charge on any atom is -0.347 e. The van der Waals surface area contributed by atoms with Crippen molar-refractivity contribution in [2.75, 3.05) is 31.2 Å². The molecule has 2 saturated heterocycles. The number of anilines is 1. The van der Waals surface area contributed by atoms with E-state index in [9.17, 15) is 13.2 Å². The molecule has 2 aliphatic rings. The molecule has 1 spiro atoms. The minimum absolute atomic E-state index is 0.471. The molecule has 0 N–H and O–H groups in total. The van der Waals surface area contributed by atoms with Crippen molar-refractivity contribution in [2.45, 2.75) is 24.8 Å². The molecule has 0 amide bonds. The maximum atomic E-state index is 12.7. The minimum atomic E-state index is -4.34. The zero-order chi connectivity index (χ0) is 18.2. The number of ether oxygens (including phenoxy) is 2. The standard InChI is InChI=1S/C18H18F3N3O2/c19-18(20,21)14-3-1-13(2-4-14)15-5-8-22-16(23-15)24-9-6-17(7-10-24)25-11-12-26-17/h1-5,8H,6-7,9-12H2. The van der Waals surface area contributed by atoms with Gasteiger partial charge in [-0.25, -0.2) is 9.97 Å². The number of benzene rings is 1. The number of rotatable bonds is 2. The van der Waals surface area contributed by atoms with Crippen molar-refractivity contribution < 1.29 is 22.6 Å². The maximum absolute atomic E-state index is 12.7. The van der Waals surface area contributed by atoms with Crippen LogP contribution in [0.4, 0.5) is 19.1 Å². The summed E-state index contributed by atoms with van der Waals surface area (Å²) in [4.78, 5) is 10.9. The van der Waals surface area contributed by atoms with E-state index in [1.165, 1.54) is 12.1 Å². The molecule has 0 radical (unpaired) electrons. The third-order valence-electron chi connectivity index (χ3n) is 4.77. The van der Waals surface area contributed by atoms with Crippen LogP contribution in [0.5, 0.6) is 0 Å². The van der Waals surface area contributed by atoms with Gasteiger partial charge in [0.1, 0.15) is 0 Å². The van der Waals surface area contributed by atoms with Crippen molar-refractivity contribution in [1.82, 2.24) is 9.97 Å². The molecule has 5 nitrogen and oxygen atoms in total. The third kappa shape index (κ3) is 3.39. The van der Waals surface area contributed by atoms with Crippen molar-refractivity contribution in [1.29, 1.82) is 0 Å². The van der Waals surface area contributed by atoms with E-state index in [1.54, 1.807) is 12.3 Å². The quantitative estimate of drug-likeness (QED) is 0.815. The first-order valence-electron chi connectivity index (χ1n) is 8.49. The lowest BCUT2D eigenvalue weighted by Gasteiger charge is -2.37. The molecule has 2 aromatic rings. The lowest BCUT2D eigenvalue weighted by atomic mass is 10.0. The van der Waals surface area contributed by atoms with Crippen molar-refractivity contribution in [3.63, 3.8) is 0 Å². The monoisotopic (exact) mass is 365 g/mol. The molecule has 4 rings (SSSR count). The first kappa shape index (κ1) is 17.2. The van der Waals surface area contributed by atoms with Gasteiger partial charge in [-0.1, -0.05) is 12.1 Å². The van der Waals surface area contributed by atoms with Crippen LogP contribution >= 0.6 is 0 Å². The molecule has 0 aliphatic carbocycles. The summed E-state index contributed by atoms with van der Waals surface area (Å²) in [6.07, 6.45) is -1.24. The Bertz CT molecular complexity index is 764. The molecular weight excluding hydrogens is 347 g/mol. The van der Waals surface area contributed by atoms with Gasteiger partial charge in [-0.2, -0.15) is 13.2 Å². The second kappa shape index (κ2) is 6.51. The summed E-state index contributed by atoms with van der Waals surface area (Å²) in [6.45, 7) is 2.66. The fourth-order valence-corrected chi connectivity index (χ4v) is 3.32. The Kier molecular flexibility index (Phi) is 4.32. The summed E-state index contributed by atoms with van der Waals surface area (Å²) in [6, 6.07) is 6.69. The highest BCUT2D eigenvalue weighted by atomic mass is 19.4. The van der Waals surface area contributed by atoms with Gasteiger partial charge in [0, 0.05) is 37.7 Å². The van der Waals surface area contributed by atoms with Gasteiger partial charge in [0.2, 0.25) is 5.95 Å². The molecule has 0 saturated carbocycles. The second-order valence-corrected chi connectivity index (χ2v) is 6.41. The Hall–Kier alpha value is -2.19. The van der Waals surface area contributed by atoms with Gasteiger partial charge in [0.05, 0.1) is 24.5 Å². The van der Waals surface area contributed by atoms with Crippen LogP contribution in [0.2, 0.25) is 0 Å². The molecule has 8 heteroatoms. The third-order valence-corrected chi connectivity index (χ3v) is 4.77. The van der Waals surface area contributed by atoms with Gasteiger partial charge in [-0.05, 0) is 18.2 Å². The highest BCUT2D eigenvalue weighted by Crippen LogP contribution is 2.33. The van der Waals surface area contributed by atoms with Gasteiger partial charge in [0.25, 0.3) is 0 Å². The Morgan fingerprint density at radius 3 is 2.23 bits per heavy atom. The van der Waals surface area contributed by atoms with Gasteiger partial charge in [-0.3, -0.25) is 0 Å². The average molecular weight is 365 g/mol. The van der Waals surface area contributed by atoms with E-state index in [1.807, 2.05) is 4.90 Å². The molecule has 26 heavy (non-hydrogen) atoms. The number of nitrogens with zero attached hydrogens (tertiary/aromatic N) is 3. The molecule has 1 aromatic carbocycles. The highest BCUT2D eigenvalue weighted by molar-refractivity contribution is 5.60. The molecule has 1 aromatic heterocycles. The lowest BCUT2D eigenvalue weighted by molar-refractivity contribution is -0.169. The molecule has 138 valence electrons. The van der Waals surface area contributed by atoms with Crippen molar-refractivity contribution in [3.05, 3.63) is 42.1 Å². The molecule has 0 unspecified atom stereocenters. The Labute approximate surface area is 148 Å². The Balaban J connectivity index is 1.50. The number of piperidine rings is 1. The molecule has 0 atom stereocenters. The van der Waals surface area contributed by atoms with E-state index < -0.39 is 17.5 Å². The fraction of sp³-hybridized carbons (Fsp3) is 0.444. The van der Waals surface area contributed by atoms with Crippen LogP contribution in [0, 0.1) is 0 Å². The normalized spacial score (nSPS) is 19.9. The summed E-state index contributed by atoms with van der Waals surface area (Å²) < 4.78 is 49.5. The number of aromatic nitrogens is 2. The van der Waals surface area contributed by atoms with E-state index in [-0.39, 0.29) is 0 Å². The summed E-state index contributed by atoms with van der Waals surface area (Å²) in [5, 5.41) is 0. The van der Waals surface area contributed by atoms with Crippen molar-refractivity contribution in [2.24, 2.45) is 0 Å². The largest absolute Gasteiger partial charge is 0.416 e. The van der Waals surface area contributed by atoms with Crippen molar-refractivity contribution >= 4 is 5.95 Å². The fourth-order valence-electron chi connectivity index (χ4n) is 3.32. The molecular formula is C18H18F3N3O2. The van der Waals surface area contributed by atoms with Crippen LogP contribution < -0.4 is 4.90 Å². The van der Waals surface area contributed by atoms with Gasteiger partial charge < -0.3 is 14.4 Å². The van der Waals surface area contributed by atoms with Crippen LogP contribution in [0.3, 0.4) is 0 Å². The van der Waals surface area contributed by atoms with E-state index >= 15 is 0 Å². The SMILES string of the molecule is FC(F)(F)c1ccc(-c2ccnc(N3CCC4(CC3)OCCO4)n2)cc1. The zero-order valence-corrected chi connectivity index (χ0v) is 14.0. The first-order chi connectivity index (χ1) is 12.5. The Morgan fingerprint density at radius 1 is 0.962 bits per heavy atom. The van der Waals surface area contributed by atoms with Crippen LogP contribution in [0.1, 0.15) is 18.4 Å². The van der Waals surface area contributed by atoms with Crippen LogP contribution in [-0.4, -0.2) is 42.1 Å². The molecule has 2 fully saturated rings. The number of halogens is 3. The maximum Gasteiger partial charge on any atom is 0.416 e. The van der Waals surface area contributed by atoms with Crippen molar-refractivity contribution in [3.8, 4) is 11.3 Å². The van der Waals surface area contributed by atoms with E-state index in [0.29, 0.717) is 43.5 Å². The summed E-state index contributed by atoms with van der Waals surface area (Å²) in [5.74, 6) is 0.0943. The summed E-state index contributed by atoms with van der Waals surface area (Å²) in [7, 11) is 0. The lowest BCUT2D eigenvalue weighted by Crippen LogP contribution is -2.45. The predicted octanol–water partition coefficient (Wildman–Crippen LogP) is 3.51. The number of hydrogen-bond donors (Lipinski definition) is 0. The molecule has 0 bridgehead atoms. The zero-order valence-electron chi connectivity index (χ0n) is 14.0. The summed E-state index contributed by atoms with van der Waals surface area (Å²) in [5.41, 5.74) is 0.545. The Morgan fingerprint density at radius 2 is 1.62 bits per heavy atom. The van der Waals surface area contributed by atoms with Crippen LogP contribution in [0.15, 0.2) is 36.5 Å². The topological polar surface area (TPSA) is 47.5 Å². The van der Waals surface area contributed by atoms with Crippen LogP contribution in [-0.2, 0) is 15.7 Å². The summed E-state index contributed by atoms with van der Waals surface area (Å²) >= 11 is 0.